The van der Waals surface area contributed by atoms with Crippen molar-refractivity contribution in [3.05, 3.63) is 29.6 Å². The molecule has 3 aliphatic rings. The van der Waals surface area contributed by atoms with Crippen molar-refractivity contribution in [1.29, 1.82) is 0 Å². The van der Waals surface area contributed by atoms with Crippen LogP contribution in [0.4, 0.5) is 0 Å². The van der Waals surface area contributed by atoms with Gasteiger partial charge in [-0.1, -0.05) is 31.6 Å². The van der Waals surface area contributed by atoms with Crippen LogP contribution in [0.2, 0.25) is 0 Å². The molecule has 0 bridgehead atoms. The van der Waals surface area contributed by atoms with Gasteiger partial charge in [0.05, 0.1) is 0 Å². The third-order valence-corrected chi connectivity index (χ3v) is 7.23. The fourth-order valence-electron chi connectivity index (χ4n) is 5.52. The van der Waals surface area contributed by atoms with Crippen LogP contribution in [0.15, 0.2) is 18.3 Å². The van der Waals surface area contributed by atoms with Gasteiger partial charge in [-0.3, -0.25) is 19.4 Å². The smallest absolute Gasteiger partial charge is 0.270 e. The second-order valence-corrected chi connectivity index (χ2v) is 8.98. The van der Waals surface area contributed by atoms with Crippen molar-refractivity contribution in [3.63, 3.8) is 0 Å². The zero-order valence-corrected chi connectivity index (χ0v) is 17.8. The number of rotatable bonds is 5. The highest BCUT2D eigenvalue weighted by Crippen LogP contribution is 2.45. The Bertz CT molecular complexity index is 902. The summed E-state index contributed by atoms with van der Waals surface area (Å²) in [4.78, 5) is 43.2. The molecule has 7 nitrogen and oxygen atoms in total. The molecular formula is C24H30N4O3. The van der Waals surface area contributed by atoms with Gasteiger partial charge >= 0.3 is 0 Å². The normalized spacial score (nSPS) is 28.5. The molecule has 7 heteroatoms. The zero-order valence-electron chi connectivity index (χ0n) is 17.8. The number of pyridine rings is 1. The van der Waals surface area contributed by atoms with Crippen LogP contribution in [0.25, 0.3) is 0 Å². The summed E-state index contributed by atoms with van der Waals surface area (Å²) in [5.74, 6) is 2.00. The van der Waals surface area contributed by atoms with Gasteiger partial charge in [0.2, 0.25) is 11.8 Å². The minimum Gasteiger partial charge on any atom is -0.355 e. The van der Waals surface area contributed by atoms with Crippen LogP contribution in [-0.4, -0.2) is 41.3 Å². The van der Waals surface area contributed by atoms with E-state index >= 15 is 0 Å². The van der Waals surface area contributed by atoms with Crippen LogP contribution >= 0.6 is 0 Å². The van der Waals surface area contributed by atoms with Crippen molar-refractivity contribution in [1.82, 2.24) is 20.9 Å². The van der Waals surface area contributed by atoms with Crippen LogP contribution in [0.5, 0.6) is 0 Å². The average molecular weight is 423 g/mol. The minimum absolute atomic E-state index is 0.0994. The maximum atomic E-state index is 13.5. The molecule has 1 aromatic rings. The second kappa shape index (κ2) is 9.09. The van der Waals surface area contributed by atoms with Crippen LogP contribution in [0, 0.1) is 23.7 Å². The third kappa shape index (κ3) is 4.16. The van der Waals surface area contributed by atoms with Crippen molar-refractivity contribution in [2.24, 2.45) is 11.3 Å². The number of aromatic nitrogens is 1. The van der Waals surface area contributed by atoms with Gasteiger partial charge in [0.25, 0.3) is 5.91 Å². The first-order chi connectivity index (χ1) is 15.0. The van der Waals surface area contributed by atoms with Gasteiger partial charge in [-0.05, 0) is 50.2 Å². The lowest BCUT2D eigenvalue weighted by atomic mass is 9.71. The molecule has 4 rings (SSSR count). The highest BCUT2D eigenvalue weighted by molar-refractivity contribution is 6.07. The summed E-state index contributed by atoms with van der Waals surface area (Å²) in [6.07, 6.45) is 15.0. The van der Waals surface area contributed by atoms with Gasteiger partial charge in [-0.25, -0.2) is 0 Å². The predicted molar refractivity (Wildman–Crippen MR) is 116 cm³/mol. The molecule has 2 saturated carbocycles. The van der Waals surface area contributed by atoms with Gasteiger partial charge in [-0.2, -0.15) is 0 Å². The molecule has 31 heavy (non-hydrogen) atoms. The van der Waals surface area contributed by atoms with E-state index in [4.69, 9.17) is 6.42 Å². The third-order valence-electron chi connectivity index (χ3n) is 7.23. The lowest BCUT2D eigenvalue weighted by Crippen LogP contribution is -2.58. The zero-order chi connectivity index (χ0) is 21.8. The molecule has 2 aliphatic carbocycles. The average Bonchev–Trinajstić information content (AvgIpc) is 3.45. The Morgan fingerprint density at radius 2 is 1.77 bits per heavy atom. The molecule has 0 aromatic carbocycles. The number of terminal acetylenes is 1. The van der Waals surface area contributed by atoms with Crippen LogP contribution < -0.4 is 16.0 Å². The summed E-state index contributed by atoms with van der Waals surface area (Å²) >= 11 is 0. The maximum Gasteiger partial charge on any atom is 0.270 e. The monoisotopic (exact) mass is 422 g/mol. The Morgan fingerprint density at radius 1 is 1.10 bits per heavy atom. The SMILES string of the molecule is C#Cc1ccnc(C(=O)N[C@@H]2CCCC[C@H]2NC(=O)C2(C3CCCC3)CCNC2=O)c1. The Labute approximate surface area is 183 Å². The molecule has 1 saturated heterocycles. The van der Waals surface area contributed by atoms with E-state index < -0.39 is 5.41 Å². The molecule has 2 heterocycles. The maximum absolute atomic E-state index is 13.5. The lowest BCUT2D eigenvalue weighted by molar-refractivity contribution is -0.145. The van der Waals surface area contributed by atoms with Crippen LogP contribution in [0.1, 0.15) is 73.8 Å². The molecule has 1 aromatic heterocycles. The Kier molecular flexibility index (Phi) is 6.26. The summed E-state index contributed by atoms with van der Waals surface area (Å²) in [6.45, 7) is 0.546. The van der Waals surface area contributed by atoms with Gasteiger partial charge in [0.15, 0.2) is 0 Å². The van der Waals surface area contributed by atoms with E-state index in [0.29, 0.717) is 18.5 Å². The predicted octanol–water partition coefficient (Wildman–Crippen LogP) is 1.92. The van der Waals surface area contributed by atoms with Gasteiger partial charge < -0.3 is 16.0 Å². The molecule has 164 valence electrons. The Balaban J connectivity index is 1.48. The van der Waals surface area contributed by atoms with Gasteiger partial charge in [-0.15, -0.1) is 6.42 Å². The van der Waals surface area contributed by atoms with Crippen molar-refractivity contribution in [2.45, 2.75) is 69.9 Å². The number of nitrogens with zero attached hydrogens (tertiary/aromatic N) is 1. The number of carbonyl (C=O) groups excluding carboxylic acids is 3. The largest absolute Gasteiger partial charge is 0.355 e. The highest BCUT2D eigenvalue weighted by Gasteiger charge is 2.55. The topological polar surface area (TPSA) is 100 Å². The number of hydrogen-bond donors (Lipinski definition) is 3. The number of amides is 3. The first kappa shape index (κ1) is 21.4. The Morgan fingerprint density at radius 3 is 2.42 bits per heavy atom. The summed E-state index contributed by atoms with van der Waals surface area (Å²) in [7, 11) is 0. The first-order valence-corrected chi connectivity index (χ1v) is 11.4. The minimum atomic E-state index is -0.967. The number of hydrogen-bond acceptors (Lipinski definition) is 4. The van der Waals surface area contributed by atoms with E-state index in [0.717, 1.165) is 51.4 Å². The van der Waals surface area contributed by atoms with Gasteiger partial charge in [0, 0.05) is 30.4 Å². The van der Waals surface area contributed by atoms with E-state index in [-0.39, 0.29) is 41.4 Å². The van der Waals surface area contributed by atoms with Crippen molar-refractivity contribution in [2.75, 3.05) is 6.54 Å². The summed E-state index contributed by atoms with van der Waals surface area (Å²) in [6, 6.07) is 2.86. The van der Waals surface area contributed by atoms with Crippen molar-refractivity contribution >= 4 is 17.7 Å². The van der Waals surface area contributed by atoms with Crippen molar-refractivity contribution in [3.8, 4) is 12.3 Å². The molecule has 1 aliphatic heterocycles. The number of carbonyl (C=O) groups is 3. The van der Waals surface area contributed by atoms with E-state index in [9.17, 15) is 14.4 Å². The van der Waals surface area contributed by atoms with Crippen LogP contribution in [-0.2, 0) is 9.59 Å². The lowest BCUT2D eigenvalue weighted by Gasteiger charge is -2.37. The van der Waals surface area contributed by atoms with Gasteiger partial charge in [0.1, 0.15) is 11.1 Å². The molecule has 1 unspecified atom stereocenters. The Hall–Kier alpha value is -2.88. The fourth-order valence-corrected chi connectivity index (χ4v) is 5.52. The second-order valence-electron chi connectivity index (χ2n) is 8.98. The first-order valence-electron chi connectivity index (χ1n) is 11.4. The summed E-state index contributed by atoms with van der Waals surface area (Å²) in [5, 5.41) is 9.10. The van der Waals surface area contributed by atoms with Crippen molar-refractivity contribution < 1.29 is 14.4 Å². The standard InChI is InChI=1S/C24H30N4O3/c1-2-16-11-13-25-20(15-16)21(29)27-18-9-5-6-10-19(18)28-23(31)24(12-14-26-22(24)30)17-7-3-4-8-17/h1,11,13,15,17-19H,3-10,12,14H2,(H,26,30)(H,27,29)(H,28,31)/t18-,19-,24?/m1/s1. The molecule has 0 radical (unpaired) electrons. The molecule has 3 fully saturated rings. The molecule has 3 atom stereocenters. The molecular weight excluding hydrogens is 392 g/mol. The molecule has 3 amide bonds. The van der Waals surface area contributed by atoms with E-state index in [2.05, 4.69) is 26.9 Å². The quantitative estimate of drug-likeness (QED) is 0.499. The van der Waals surface area contributed by atoms with Crippen LogP contribution in [0.3, 0.4) is 0 Å². The van der Waals surface area contributed by atoms with E-state index in [1.807, 2.05) is 0 Å². The number of nitrogens with one attached hydrogen (secondary N) is 3. The highest BCUT2D eigenvalue weighted by atomic mass is 16.2. The van der Waals surface area contributed by atoms with E-state index in [1.54, 1.807) is 12.1 Å². The molecule has 3 N–H and O–H groups in total. The summed E-state index contributed by atoms with van der Waals surface area (Å²) < 4.78 is 0. The fraction of sp³-hybridized carbons (Fsp3) is 0.583. The molecule has 0 spiro atoms. The summed E-state index contributed by atoms with van der Waals surface area (Å²) in [5.41, 5.74) is -0.103. The van der Waals surface area contributed by atoms with E-state index in [1.165, 1.54) is 6.20 Å².